The fraction of sp³-hybridized carbons (Fsp3) is 0.458. The summed E-state index contributed by atoms with van der Waals surface area (Å²) >= 11 is 0. The Labute approximate surface area is 177 Å². The number of hydrogen-bond acceptors (Lipinski definition) is 3. The van der Waals surface area contributed by atoms with E-state index in [0.717, 1.165) is 30.4 Å². The Bertz CT molecular complexity index is 914. The van der Waals surface area contributed by atoms with Gasteiger partial charge in [-0.15, -0.1) is 5.10 Å². The molecule has 0 aliphatic carbocycles. The molecule has 1 fully saturated rings. The number of aromatic nitrogens is 4. The van der Waals surface area contributed by atoms with Crippen LogP contribution in [0.1, 0.15) is 49.7 Å². The van der Waals surface area contributed by atoms with E-state index in [0.29, 0.717) is 12.5 Å². The van der Waals surface area contributed by atoms with E-state index < -0.39 is 0 Å². The third-order valence-corrected chi connectivity index (χ3v) is 6.30. The zero-order valence-corrected chi connectivity index (χ0v) is 17.8. The maximum Gasteiger partial charge on any atom is 0.209 e. The SMILES string of the molecule is CC(C)[C@H](c1nnnn1Cc1ccc(F)cc1)[NH+]1CCC(Cc2ccccc2)CC1. The lowest BCUT2D eigenvalue weighted by Crippen LogP contribution is -3.14. The Kier molecular flexibility index (Phi) is 6.53. The number of benzene rings is 2. The van der Waals surface area contributed by atoms with Gasteiger partial charge in [-0.25, -0.2) is 9.07 Å². The number of piperidine rings is 1. The van der Waals surface area contributed by atoms with Gasteiger partial charge < -0.3 is 4.90 Å². The molecule has 158 valence electrons. The second kappa shape index (κ2) is 9.47. The van der Waals surface area contributed by atoms with Gasteiger partial charge in [-0.1, -0.05) is 56.3 Å². The lowest BCUT2D eigenvalue weighted by molar-refractivity contribution is -0.942. The van der Waals surface area contributed by atoms with Gasteiger partial charge in [-0.3, -0.25) is 0 Å². The molecule has 0 radical (unpaired) electrons. The van der Waals surface area contributed by atoms with Crippen molar-refractivity contribution in [2.75, 3.05) is 13.1 Å². The van der Waals surface area contributed by atoms with Crippen molar-refractivity contribution in [3.63, 3.8) is 0 Å². The van der Waals surface area contributed by atoms with Crippen LogP contribution in [0.4, 0.5) is 4.39 Å². The van der Waals surface area contributed by atoms with E-state index in [4.69, 9.17) is 0 Å². The number of rotatable bonds is 7. The van der Waals surface area contributed by atoms with E-state index in [1.807, 2.05) is 4.68 Å². The van der Waals surface area contributed by atoms with Crippen molar-refractivity contribution in [1.29, 1.82) is 0 Å². The maximum absolute atomic E-state index is 13.2. The van der Waals surface area contributed by atoms with Crippen LogP contribution < -0.4 is 4.90 Å². The Balaban J connectivity index is 1.44. The van der Waals surface area contributed by atoms with Gasteiger partial charge in [0.25, 0.3) is 0 Å². The first-order valence-corrected chi connectivity index (χ1v) is 11.0. The Morgan fingerprint density at radius 2 is 1.70 bits per heavy atom. The molecule has 0 spiro atoms. The molecule has 0 saturated carbocycles. The van der Waals surface area contributed by atoms with Crippen molar-refractivity contribution in [1.82, 2.24) is 20.2 Å². The van der Waals surface area contributed by atoms with Gasteiger partial charge in [0.05, 0.1) is 19.6 Å². The van der Waals surface area contributed by atoms with E-state index in [2.05, 4.69) is 59.7 Å². The largest absolute Gasteiger partial charge is 0.326 e. The number of nitrogens with one attached hydrogen (secondary N) is 1. The molecule has 1 aliphatic heterocycles. The number of hydrogen-bond donors (Lipinski definition) is 1. The topological polar surface area (TPSA) is 48.0 Å². The van der Waals surface area contributed by atoms with Crippen LogP contribution in [0.25, 0.3) is 0 Å². The van der Waals surface area contributed by atoms with Gasteiger partial charge in [0.1, 0.15) is 5.82 Å². The van der Waals surface area contributed by atoms with Gasteiger partial charge in [-0.2, -0.15) is 0 Å². The Hall–Kier alpha value is -2.60. The van der Waals surface area contributed by atoms with Crippen LogP contribution in [0.15, 0.2) is 54.6 Å². The summed E-state index contributed by atoms with van der Waals surface area (Å²) in [7, 11) is 0. The summed E-state index contributed by atoms with van der Waals surface area (Å²) in [6.07, 6.45) is 3.63. The second-order valence-electron chi connectivity index (χ2n) is 8.83. The molecule has 2 aromatic carbocycles. The van der Waals surface area contributed by atoms with Gasteiger partial charge in [0, 0.05) is 5.92 Å². The van der Waals surface area contributed by atoms with Gasteiger partial charge in [0.2, 0.25) is 5.82 Å². The van der Waals surface area contributed by atoms with Crippen LogP contribution in [0.2, 0.25) is 0 Å². The molecule has 0 amide bonds. The number of tetrazole rings is 1. The van der Waals surface area contributed by atoms with Crippen LogP contribution >= 0.6 is 0 Å². The molecule has 3 aromatic rings. The van der Waals surface area contributed by atoms with Crippen LogP contribution in [0.5, 0.6) is 0 Å². The molecule has 1 N–H and O–H groups in total. The molecular formula is C24H31FN5+. The summed E-state index contributed by atoms with van der Waals surface area (Å²) in [5, 5.41) is 12.7. The van der Waals surface area contributed by atoms with E-state index in [-0.39, 0.29) is 11.9 Å². The van der Waals surface area contributed by atoms with E-state index in [1.54, 1.807) is 17.0 Å². The first-order chi connectivity index (χ1) is 14.6. The molecule has 6 heteroatoms. The molecule has 1 atom stereocenters. The summed E-state index contributed by atoms with van der Waals surface area (Å²) < 4.78 is 15.1. The van der Waals surface area contributed by atoms with E-state index >= 15 is 0 Å². The minimum absolute atomic E-state index is 0.224. The van der Waals surface area contributed by atoms with Crippen LogP contribution in [0, 0.1) is 17.7 Å². The molecule has 30 heavy (non-hydrogen) atoms. The van der Waals surface area contributed by atoms with Crippen molar-refractivity contribution in [3.8, 4) is 0 Å². The zero-order chi connectivity index (χ0) is 20.9. The molecule has 1 aromatic heterocycles. The highest BCUT2D eigenvalue weighted by Gasteiger charge is 2.35. The van der Waals surface area contributed by atoms with Crippen molar-refractivity contribution in [2.24, 2.45) is 11.8 Å². The minimum atomic E-state index is -0.224. The molecule has 4 rings (SSSR count). The molecule has 5 nitrogen and oxygen atoms in total. The fourth-order valence-corrected chi connectivity index (χ4v) is 4.77. The average molecular weight is 409 g/mol. The average Bonchev–Trinajstić information content (AvgIpc) is 3.19. The minimum Gasteiger partial charge on any atom is -0.326 e. The summed E-state index contributed by atoms with van der Waals surface area (Å²) in [6, 6.07) is 17.7. The first kappa shape index (κ1) is 20.7. The zero-order valence-electron chi connectivity index (χ0n) is 17.8. The summed E-state index contributed by atoms with van der Waals surface area (Å²) in [6.45, 7) is 7.36. The third-order valence-electron chi connectivity index (χ3n) is 6.30. The number of quaternary nitrogens is 1. The fourth-order valence-electron chi connectivity index (χ4n) is 4.77. The van der Waals surface area contributed by atoms with Crippen LogP contribution in [-0.4, -0.2) is 33.3 Å². The van der Waals surface area contributed by atoms with Crippen molar-refractivity contribution < 1.29 is 9.29 Å². The lowest BCUT2D eigenvalue weighted by Gasteiger charge is -2.36. The molecule has 0 bridgehead atoms. The monoisotopic (exact) mass is 408 g/mol. The number of nitrogens with zero attached hydrogens (tertiary/aromatic N) is 4. The predicted molar refractivity (Wildman–Crippen MR) is 114 cm³/mol. The van der Waals surface area contributed by atoms with E-state index in [9.17, 15) is 4.39 Å². The summed E-state index contributed by atoms with van der Waals surface area (Å²) in [5.41, 5.74) is 2.44. The molecule has 1 aliphatic rings. The quantitative estimate of drug-likeness (QED) is 0.654. The molecule has 0 unspecified atom stereocenters. The smallest absolute Gasteiger partial charge is 0.209 e. The van der Waals surface area contributed by atoms with Crippen LogP contribution in [-0.2, 0) is 13.0 Å². The van der Waals surface area contributed by atoms with Crippen molar-refractivity contribution in [2.45, 2.75) is 45.7 Å². The highest BCUT2D eigenvalue weighted by Crippen LogP contribution is 2.21. The number of likely N-dealkylation sites (tertiary alicyclic amines) is 1. The van der Waals surface area contributed by atoms with Gasteiger partial charge in [0.15, 0.2) is 6.04 Å². The summed E-state index contributed by atoms with van der Waals surface area (Å²) in [5.74, 6) is 1.90. The molecule has 1 saturated heterocycles. The maximum atomic E-state index is 13.2. The lowest BCUT2D eigenvalue weighted by atomic mass is 9.88. The highest BCUT2D eigenvalue weighted by atomic mass is 19.1. The summed E-state index contributed by atoms with van der Waals surface area (Å²) in [4.78, 5) is 1.57. The van der Waals surface area contributed by atoms with Crippen LogP contribution in [0.3, 0.4) is 0 Å². The second-order valence-corrected chi connectivity index (χ2v) is 8.83. The standard InChI is InChI=1S/C24H30FN5/c1-18(2)23(24-26-27-28-30(24)17-21-8-10-22(25)11-9-21)29-14-12-20(13-15-29)16-19-6-4-3-5-7-19/h3-11,18,20,23H,12-17H2,1-2H3/p+1/t23-/m1/s1. The van der Waals surface area contributed by atoms with Crippen molar-refractivity contribution >= 4 is 0 Å². The molecule has 2 heterocycles. The van der Waals surface area contributed by atoms with Crippen molar-refractivity contribution in [3.05, 3.63) is 77.4 Å². The predicted octanol–water partition coefficient (Wildman–Crippen LogP) is 3.10. The van der Waals surface area contributed by atoms with Gasteiger partial charge in [-0.05, 0) is 58.9 Å². The number of halogens is 1. The third kappa shape index (κ3) is 4.93. The Morgan fingerprint density at radius 1 is 1.00 bits per heavy atom. The Morgan fingerprint density at radius 3 is 2.37 bits per heavy atom. The normalized spacial score (nSPS) is 20.4. The van der Waals surface area contributed by atoms with E-state index in [1.165, 1.54) is 37.0 Å². The highest BCUT2D eigenvalue weighted by molar-refractivity contribution is 5.17. The molecular weight excluding hydrogens is 377 g/mol. The van der Waals surface area contributed by atoms with Gasteiger partial charge >= 0.3 is 0 Å². The first-order valence-electron chi connectivity index (χ1n) is 11.0.